The van der Waals surface area contributed by atoms with E-state index in [1.54, 1.807) is 0 Å². The lowest BCUT2D eigenvalue weighted by atomic mass is 9.69. The molecule has 1 aliphatic heterocycles. The summed E-state index contributed by atoms with van der Waals surface area (Å²) in [5.41, 5.74) is 6.91. The Kier molecular flexibility index (Phi) is 5.30. The fourth-order valence-electron chi connectivity index (χ4n) is 3.98. The minimum atomic E-state index is 0.415. The van der Waals surface area contributed by atoms with Gasteiger partial charge < -0.3 is 5.73 Å². The molecule has 2 fully saturated rings. The summed E-state index contributed by atoms with van der Waals surface area (Å²) in [5.74, 6) is 0.850. The first-order valence-corrected chi connectivity index (χ1v) is 8.48. The Morgan fingerprint density at radius 3 is 2.05 bits per heavy atom. The van der Waals surface area contributed by atoms with Crippen molar-refractivity contribution in [3.8, 4) is 0 Å². The highest BCUT2D eigenvalue weighted by Crippen LogP contribution is 2.39. The second-order valence-corrected chi connectivity index (χ2v) is 7.91. The van der Waals surface area contributed by atoms with Crippen molar-refractivity contribution in [1.82, 2.24) is 4.90 Å². The lowest BCUT2D eigenvalue weighted by molar-refractivity contribution is 0.0643. The van der Waals surface area contributed by atoms with Crippen molar-refractivity contribution in [2.45, 2.75) is 84.2 Å². The Hall–Kier alpha value is -0.0800. The van der Waals surface area contributed by atoms with E-state index in [0.29, 0.717) is 17.5 Å². The predicted molar refractivity (Wildman–Crippen MR) is 83.2 cm³/mol. The highest BCUT2D eigenvalue weighted by molar-refractivity contribution is 4.92. The van der Waals surface area contributed by atoms with Crippen LogP contribution in [0.5, 0.6) is 0 Å². The molecule has 3 unspecified atom stereocenters. The van der Waals surface area contributed by atoms with Crippen molar-refractivity contribution >= 4 is 0 Å². The predicted octanol–water partition coefficient (Wildman–Crippen LogP) is 3.79. The van der Waals surface area contributed by atoms with Crippen molar-refractivity contribution in [2.24, 2.45) is 17.1 Å². The van der Waals surface area contributed by atoms with Crippen LogP contribution in [0.1, 0.15) is 72.1 Å². The van der Waals surface area contributed by atoms with Gasteiger partial charge in [-0.3, -0.25) is 4.90 Å². The zero-order valence-corrected chi connectivity index (χ0v) is 13.3. The summed E-state index contributed by atoms with van der Waals surface area (Å²) in [6.45, 7) is 9.78. The normalized spacial score (nSPS) is 35.7. The maximum atomic E-state index is 6.46. The summed E-state index contributed by atoms with van der Waals surface area (Å²) in [6, 6.07) is 1.06. The molecule has 2 aliphatic rings. The third-order valence-corrected chi connectivity index (χ3v) is 5.45. The molecule has 0 radical (unpaired) electrons. The largest absolute Gasteiger partial charge is 0.326 e. The van der Waals surface area contributed by atoms with Crippen LogP contribution < -0.4 is 5.73 Å². The summed E-state index contributed by atoms with van der Waals surface area (Å²) < 4.78 is 0. The van der Waals surface area contributed by atoms with E-state index >= 15 is 0 Å². The third kappa shape index (κ3) is 4.19. The van der Waals surface area contributed by atoms with Gasteiger partial charge in [-0.15, -0.1) is 0 Å². The molecule has 112 valence electrons. The fraction of sp³-hybridized carbons (Fsp3) is 1.00. The number of hydrogen-bond donors (Lipinski definition) is 1. The Balaban J connectivity index is 1.98. The Morgan fingerprint density at radius 2 is 1.47 bits per heavy atom. The average molecular weight is 266 g/mol. The van der Waals surface area contributed by atoms with Crippen LogP contribution in [-0.2, 0) is 0 Å². The molecule has 19 heavy (non-hydrogen) atoms. The molecule has 3 atom stereocenters. The minimum Gasteiger partial charge on any atom is -0.326 e. The topological polar surface area (TPSA) is 29.3 Å². The van der Waals surface area contributed by atoms with E-state index in [0.717, 1.165) is 5.92 Å². The van der Waals surface area contributed by atoms with Crippen molar-refractivity contribution in [2.75, 3.05) is 13.1 Å². The molecule has 1 heterocycles. The van der Waals surface area contributed by atoms with Gasteiger partial charge in [0.2, 0.25) is 0 Å². The van der Waals surface area contributed by atoms with Crippen molar-refractivity contribution in [1.29, 1.82) is 0 Å². The monoisotopic (exact) mass is 266 g/mol. The van der Waals surface area contributed by atoms with Gasteiger partial charge in [0.25, 0.3) is 0 Å². The summed E-state index contributed by atoms with van der Waals surface area (Å²) >= 11 is 0. The highest BCUT2D eigenvalue weighted by atomic mass is 15.2. The third-order valence-electron chi connectivity index (χ3n) is 5.45. The first-order chi connectivity index (χ1) is 8.98. The van der Waals surface area contributed by atoms with Gasteiger partial charge in [0.15, 0.2) is 0 Å². The molecule has 0 aromatic carbocycles. The van der Waals surface area contributed by atoms with E-state index in [2.05, 4.69) is 25.7 Å². The first-order valence-electron chi connectivity index (χ1n) is 8.48. The fourth-order valence-corrected chi connectivity index (χ4v) is 3.98. The Labute approximate surface area is 120 Å². The van der Waals surface area contributed by atoms with E-state index in [1.807, 2.05) is 0 Å². The van der Waals surface area contributed by atoms with Gasteiger partial charge in [0.05, 0.1) is 0 Å². The van der Waals surface area contributed by atoms with Gasteiger partial charge in [-0.1, -0.05) is 40.0 Å². The minimum absolute atomic E-state index is 0.415. The second kappa shape index (κ2) is 6.58. The quantitative estimate of drug-likeness (QED) is 0.782. The lowest BCUT2D eigenvalue weighted by Crippen LogP contribution is -2.53. The van der Waals surface area contributed by atoms with Gasteiger partial charge in [-0.25, -0.2) is 0 Å². The Bertz CT molecular complexity index is 261. The number of nitrogens with two attached hydrogens (primary N) is 1. The number of hydrogen-bond acceptors (Lipinski definition) is 2. The summed E-state index contributed by atoms with van der Waals surface area (Å²) in [6.07, 6.45) is 10.9. The van der Waals surface area contributed by atoms with Crippen LogP contribution >= 0.6 is 0 Å². The van der Waals surface area contributed by atoms with Crippen LogP contribution in [-0.4, -0.2) is 30.1 Å². The van der Waals surface area contributed by atoms with Crippen molar-refractivity contribution in [3.05, 3.63) is 0 Å². The van der Waals surface area contributed by atoms with Crippen LogP contribution in [0.2, 0.25) is 0 Å². The van der Waals surface area contributed by atoms with Crippen LogP contribution in [0.15, 0.2) is 0 Å². The zero-order valence-electron chi connectivity index (χ0n) is 13.3. The van der Waals surface area contributed by atoms with Crippen LogP contribution in [0.25, 0.3) is 0 Å². The highest BCUT2D eigenvalue weighted by Gasteiger charge is 2.36. The van der Waals surface area contributed by atoms with Crippen LogP contribution in [0.3, 0.4) is 0 Å². The molecular weight excluding hydrogens is 232 g/mol. The van der Waals surface area contributed by atoms with E-state index < -0.39 is 0 Å². The standard InChI is InChI=1S/C17H34N2/c1-17(2,3)14-9-10-15(18)16(13-14)19-11-7-5-4-6-8-12-19/h14-16H,4-13,18H2,1-3H3. The SMILES string of the molecule is CC(C)(C)C1CCC(N)C(N2CCCCCCC2)C1. The molecular formula is C17H34N2. The molecule has 1 saturated heterocycles. The van der Waals surface area contributed by atoms with Crippen molar-refractivity contribution in [3.63, 3.8) is 0 Å². The van der Waals surface area contributed by atoms with Gasteiger partial charge >= 0.3 is 0 Å². The van der Waals surface area contributed by atoms with Gasteiger partial charge in [0.1, 0.15) is 0 Å². The molecule has 2 rings (SSSR count). The van der Waals surface area contributed by atoms with E-state index in [1.165, 1.54) is 64.5 Å². The summed E-state index contributed by atoms with van der Waals surface area (Å²) in [4.78, 5) is 2.74. The molecule has 1 aliphatic carbocycles. The molecule has 0 spiro atoms. The Morgan fingerprint density at radius 1 is 0.895 bits per heavy atom. The van der Waals surface area contributed by atoms with Crippen molar-refractivity contribution < 1.29 is 0 Å². The maximum Gasteiger partial charge on any atom is 0.0250 e. The molecule has 0 bridgehead atoms. The smallest absolute Gasteiger partial charge is 0.0250 e. The summed E-state index contributed by atoms with van der Waals surface area (Å²) in [7, 11) is 0. The average Bonchev–Trinajstić information content (AvgIpc) is 2.28. The number of likely N-dealkylation sites (tertiary alicyclic amines) is 1. The van der Waals surface area contributed by atoms with E-state index in [4.69, 9.17) is 5.73 Å². The molecule has 0 amide bonds. The zero-order chi connectivity index (χ0) is 13.9. The number of nitrogens with zero attached hydrogens (tertiary/aromatic N) is 1. The van der Waals surface area contributed by atoms with Gasteiger partial charge in [-0.2, -0.15) is 0 Å². The van der Waals surface area contributed by atoms with Crippen LogP contribution in [0, 0.1) is 11.3 Å². The second-order valence-electron chi connectivity index (χ2n) is 7.91. The van der Waals surface area contributed by atoms with Crippen LogP contribution in [0.4, 0.5) is 0 Å². The maximum absolute atomic E-state index is 6.46. The molecule has 2 N–H and O–H groups in total. The van der Waals surface area contributed by atoms with E-state index in [-0.39, 0.29) is 0 Å². The molecule has 2 heteroatoms. The molecule has 2 nitrogen and oxygen atoms in total. The molecule has 1 saturated carbocycles. The van der Waals surface area contributed by atoms with Gasteiger partial charge in [0, 0.05) is 12.1 Å². The van der Waals surface area contributed by atoms with E-state index in [9.17, 15) is 0 Å². The summed E-state index contributed by atoms with van der Waals surface area (Å²) in [5, 5.41) is 0. The number of rotatable bonds is 1. The molecule has 0 aromatic rings. The first kappa shape index (κ1) is 15.3. The lowest BCUT2D eigenvalue weighted by Gasteiger charge is -2.45. The van der Waals surface area contributed by atoms with Gasteiger partial charge in [-0.05, 0) is 56.5 Å². The molecule has 0 aromatic heterocycles.